The van der Waals surface area contributed by atoms with Gasteiger partial charge in [-0.3, -0.25) is 4.79 Å². The number of carbonyl (C=O) groups excluding carboxylic acids is 2. The van der Waals surface area contributed by atoms with Crippen molar-refractivity contribution in [3.63, 3.8) is 0 Å². The fraction of sp³-hybridized carbons (Fsp3) is 0.630. The third-order valence-corrected chi connectivity index (χ3v) is 9.16. The van der Waals surface area contributed by atoms with Crippen LogP contribution in [0.15, 0.2) is 24.0 Å². The standard InChI is InChI=1S/C27H33NO7.ClH/c1-15(33-25(31)16-5-3-4-6-16)24(30)34-19-9-10-27(32)20-13-17-7-8-18(14-29)22-21(17)26(27,23(19)35-22)11-12-28(20)2;/h7-9,15-16,20,23,29,32H,3-6,10-14H2,1-2H3;1H/t15-,20+,23-,26-,27+;/m0./s1. The highest BCUT2D eigenvalue weighted by molar-refractivity contribution is 5.85. The van der Waals surface area contributed by atoms with E-state index in [0.29, 0.717) is 36.3 Å². The number of hydrogen-bond donors (Lipinski definition) is 2. The Kier molecular flexibility index (Phi) is 6.39. The molecule has 1 saturated heterocycles. The molecule has 2 fully saturated rings. The number of rotatable bonds is 5. The number of hydrogen-bond acceptors (Lipinski definition) is 8. The fourth-order valence-electron chi connectivity index (χ4n) is 7.31. The Morgan fingerprint density at radius 2 is 2.03 bits per heavy atom. The molecular weight excluding hydrogens is 486 g/mol. The fourth-order valence-corrected chi connectivity index (χ4v) is 7.31. The first kappa shape index (κ1) is 25.5. The second-order valence-corrected chi connectivity index (χ2v) is 10.9. The minimum atomic E-state index is -1.09. The molecule has 5 aliphatic rings. The predicted octanol–water partition coefficient (Wildman–Crippen LogP) is 2.54. The third-order valence-electron chi connectivity index (χ3n) is 9.16. The van der Waals surface area contributed by atoms with Gasteiger partial charge in [0.1, 0.15) is 11.5 Å². The molecule has 0 aromatic heterocycles. The lowest BCUT2D eigenvalue weighted by molar-refractivity contribution is -0.176. The Morgan fingerprint density at radius 3 is 2.75 bits per heavy atom. The van der Waals surface area contributed by atoms with E-state index in [0.717, 1.165) is 43.4 Å². The molecule has 0 unspecified atom stereocenters. The van der Waals surface area contributed by atoms with Crippen LogP contribution in [0.25, 0.3) is 0 Å². The molecule has 2 N–H and O–H groups in total. The van der Waals surface area contributed by atoms with Gasteiger partial charge in [-0.2, -0.15) is 0 Å². The average Bonchev–Trinajstić information content (AvgIpc) is 3.49. The number of likely N-dealkylation sites (N-methyl/N-ethyl adjacent to an activating group) is 1. The second-order valence-electron chi connectivity index (χ2n) is 10.9. The summed E-state index contributed by atoms with van der Waals surface area (Å²) in [5.74, 6) is -0.188. The highest BCUT2D eigenvalue weighted by Crippen LogP contribution is 2.64. The van der Waals surface area contributed by atoms with Gasteiger partial charge in [0, 0.05) is 23.6 Å². The van der Waals surface area contributed by atoms with Crippen LogP contribution in [0, 0.1) is 5.92 Å². The van der Waals surface area contributed by atoms with Crippen molar-refractivity contribution in [3.05, 3.63) is 40.7 Å². The van der Waals surface area contributed by atoms with Gasteiger partial charge in [-0.25, -0.2) is 4.79 Å². The molecule has 2 bridgehead atoms. The lowest BCUT2D eigenvalue weighted by Crippen LogP contribution is -2.74. The summed E-state index contributed by atoms with van der Waals surface area (Å²) in [6.07, 6.45) is 5.28. The first-order valence-corrected chi connectivity index (χ1v) is 12.8. The smallest absolute Gasteiger partial charge is 0.352 e. The van der Waals surface area contributed by atoms with Gasteiger partial charge in [0.05, 0.1) is 23.5 Å². The summed E-state index contributed by atoms with van der Waals surface area (Å²) in [6, 6.07) is 3.81. The Bertz CT molecular complexity index is 1120. The van der Waals surface area contributed by atoms with Crippen LogP contribution in [0.2, 0.25) is 0 Å². The Balaban J connectivity index is 0.00000267. The largest absolute Gasteiger partial charge is 0.481 e. The van der Waals surface area contributed by atoms with E-state index in [-0.39, 0.29) is 36.9 Å². The number of halogens is 1. The molecule has 1 aromatic rings. The number of aliphatic hydroxyl groups excluding tert-OH is 1. The third kappa shape index (κ3) is 3.37. The molecule has 6 rings (SSSR count). The van der Waals surface area contributed by atoms with Crippen molar-refractivity contribution in [2.75, 3.05) is 13.6 Å². The van der Waals surface area contributed by atoms with Crippen molar-refractivity contribution < 1.29 is 34.0 Å². The van der Waals surface area contributed by atoms with Gasteiger partial charge in [-0.15, -0.1) is 12.4 Å². The molecule has 1 saturated carbocycles. The molecule has 5 atom stereocenters. The van der Waals surface area contributed by atoms with Crippen molar-refractivity contribution in [1.82, 2.24) is 4.90 Å². The highest BCUT2D eigenvalue weighted by atomic mass is 35.5. The molecule has 8 nitrogen and oxygen atoms in total. The summed E-state index contributed by atoms with van der Waals surface area (Å²) >= 11 is 0. The van der Waals surface area contributed by atoms with Crippen LogP contribution in [0.5, 0.6) is 5.75 Å². The molecule has 0 amide bonds. The van der Waals surface area contributed by atoms with E-state index in [2.05, 4.69) is 4.90 Å². The molecule has 36 heavy (non-hydrogen) atoms. The van der Waals surface area contributed by atoms with E-state index in [1.54, 1.807) is 6.08 Å². The number of likely N-dealkylation sites (tertiary alicyclic amines) is 1. The molecule has 1 spiro atoms. The molecule has 2 aliphatic heterocycles. The highest BCUT2D eigenvalue weighted by Gasteiger charge is 2.71. The van der Waals surface area contributed by atoms with E-state index >= 15 is 0 Å². The second kappa shape index (κ2) is 9.01. The first-order chi connectivity index (χ1) is 16.8. The number of benzene rings is 1. The van der Waals surface area contributed by atoms with Gasteiger partial charge in [-0.1, -0.05) is 25.0 Å². The normalized spacial score (nSPS) is 33.1. The van der Waals surface area contributed by atoms with Crippen LogP contribution in [0.4, 0.5) is 0 Å². The maximum absolute atomic E-state index is 13.0. The summed E-state index contributed by atoms with van der Waals surface area (Å²) in [5.41, 5.74) is 0.854. The zero-order valence-corrected chi connectivity index (χ0v) is 21.5. The van der Waals surface area contributed by atoms with Crippen molar-refractivity contribution in [2.24, 2.45) is 5.92 Å². The number of ether oxygens (including phenoxy) is 3. The van der Waals surface area contributed by atoms with E-state index < -0.39 is 29.2 Å². The molecule has 0 radical (unpaired) electrons. The number of esters is 2. The average molecular weight is 520 g/mol. The van der Waals surface area contributed by atoms with Gasteiger partial charge in [-0.05, 0) is 57.8 Å². The van der Waals surface area contributed by atoms with Gasteiger partial charge in [0.15, 0.2) is 12.2 Å². The van der Waals surface area contributed by atoms with Gasteiger partial charge >= 0.3 is 11.9 Å². The summed E-state index contributed by atoms with van der Waals surface area (Å²) in [6.45, 7) is 2.12. The summed E-state index contributed by atoms with van der Waals surface area (Å²) in [7, 11) is 2.04. The van der Waals surface area contributed by atoms with Gasteiger partial charge in [0.2, 0.25) is 0 Å². The number of nitrogens with zero attached hydrogens (tertiary/aromatic N) is 1. The van der Waals surface area contributed by atoms with E-state index in [1.165, 1.54) is 6.92 Å². The van der Waals surface area contributed by atoms with Gasteiger partial charge in [0.25, 0.3) is 0 Å². The zero-order valence-electron chi connectivity index (χ0n) is 20.7. The number of piperidine rings is 1. The molecule has 1 aromatic carbocycles. The molecule has 9 heteroatoms. The van der Waals surface area contributed by atoms with E-state index in [9.17, 15) is 19.8 Å². The van der Waals surface area contributed by atoms with Crippen LogP contribution in [0.3, 0.4) is 0 Å². The maximum Gasteiger partial charge on any atom is 0.352 e. The first-order valence-electron chi connectivity index (χ1n) is 12.8. The molecule has 2 heterocycles. The van der Waals surface area contributed by atoms with E-state index in [4.69, 9.17) is 14.2 Å². The molecule has 3 aliphatic carbocycles. The predicted molar refractivity (Wildman–Crippen MR) is 132 cm³/mol. The Hall–Kier alpha value is -2.13. The van der Waals surface area contributed by atoms with Crippen molar-refractivity contribution in [2.45, 2.75) is 87.7 Å². The minimum Gasteiger partial charge on any atom is -0.481 e. The molecule has 196 valence electrons. The van der Waals surface area contributed by atoms with Crippen LogP contribution in [-0.4, -0.2) is 64.5 Å². The van der Waals surface area contributed by atoms with Gasteiger partial charge < -0.3 is 29.3 Å². The Labute approximate surface area is 217 Å². The van der Waals surface area contributed by atoms with Crippen molar-refractivity contribution >= 4 is 24.3 Å². The van der Waals surface area contributed by atoms with Crippen LogP contribution in [-0.2, 0) is 37.5 Å². The lowest BCUT2D eigenvalue weighted by atomic mass is 9.50. The SMILES string of the molecule is C[C@H](OC(=O)C1CCCC1)C(=O)OC1=CC[C@@]2(O)[C@H]3Cc4ccc(CO)c5c4[C@@]2(CCN3C)[C@H]1O5.Cl. The topological polar surface area (TPSA) is 106 Å². The Morgan fingerprint density at radius 1 is 1.28 bits per heavy atom. The van der Waals surface area contributed by atoms with Crippen molar-refractivity contribution in [1.29, 1.82) is 0 Å². The number of carbonyl (C=O) groups is 2. The summed E-state index contributed by atoms with van der Waals surface area (Å²) in [5, 5.41) is 22.2. The molecular formula is C27H34ClNO7. The van der Waals surface area contributed by atoms with E-state index in [1.807, 2.05) is 19.2 Å². The monoisotopic (exact) mass is 519 g/mol. The quantitative estimate of drug-likeness (QED) is 0.572. The number of aliphatic hydroxyl groups is 2. The lowest BCUT2D eigenvalue weighted by Gasteiger charge is -2.61. The van der Waals surface area contributed by atoms with Crippen molar-refractivity contribution in [3.8, 4) is 5.75 Å². The zero-order chi connectivity index (χ0) is 24.5. The van der Waals surface area contributed by atoms with Crippen LogP contribution in [0.1, 0.15) is 62.1 Å². The summed E-state index contributed by atoms with van der Waals surface area (Å²) < 4.78 is 17.7. The minimum absolute atomic E-state index is 0. The van der Waals surface area contributed by atoms with Crippen LogP contribution < -0.4 is 4.74 Å². The maximum atomic E-state index is 13.0. The van der Waals surface area contributed by atoms with Crippen LogP contribution >= 0.6 is 12.4 Å². The summed E-state index contributed by atoms with van der Waals surface area (Å²) in [4.78, 5) is 27.6.